The van der Waals surface area contributed by atoms with Gasteiger partial charge in [-0.3, -0.25) is 4.57 Å². The number of aryl methyl sites for hydroxylation is 1. The van der Waals surface area contributed by atoms with Gasteiger partial charge in [-0.05, 0) is 30.7 Å². The van der Waals surface area contributed by atoms with E-state index in [1.54, 1.807) is 6.20 Å². The lowest BCUT2D eigenvalue weighted by atomic mass is 10.4. The number of hydrogen-bond acceptors (Lipinski definition) is 2. The van der Waals surface area contributed by atoms with Gasteiger partial charge in [0, 0.05) is 12.7 Å². The Bertz CT molecular complexity index is 409. The van der Waals surface area contributed by atoms with Crippen molar-refractivity contribution in [2.45, 2.75) is 27.3 Å². The zero-order chi connectivity index (χ0) is 10.6. The molecule has 14 heavy (non-hydrogen) atoms. The van der Waals surface area contributed by atoms with Crippen molar-refractivity contribution in [1.29, 1.82) is 0 Å². The number of imidazole rings is 1. The maximum atomic E-state index is 5.88. The van der Waals surface area contributed by atoms with Gasteiger partial charge in [-0.1, -0.05) is 13.8 Å². The van der Waals surface area contributed by atoms with Crippen LogP contribution in [0, 0.1) is 0 Å². The third kappa shape index (κ3) is 1.87. The molecule has 2 heterocycles. The summed E-state index contributed by atoms with van der Waals surface area (Å²) in [5, 5.41) is 0.506. The molecular weight excluding hydrogens is 198 g/mol. The number of nitrogens with zero attached hydrogens (tertiary/aromatic N) is 3. The smallest absolute Gasteiger partial charge is 0.204 e. The molecule has 0 aliphatic rings. The monoisotopic (exact) mass is 211 g/mol. The molecule has 0 fully saturated rings. The quantitative estimate of drug-likeness (QED) is 0.726. The van der Waals surface area contributed by atoms with Gasteiger partial charge in [0.1, 0.15) is 5.52 Å². The van der Waals surface area contributed by atoms with E-state index in [-0.39, 0.29) is 0 Å². The van der Waals surface area contributed by atoms with Crippen LogP contribution >= 0.6 is 11.6 Å². The van der Waals surface area contributed by atoms with Crippen molar-refractivity contribution in [2.24, 2.45) is 0 Å². The number of aromatic nitrogens is 3. The summed E-state index contributed by atoms with van der Waals surface area (Å²) in [6, 6.07) is 3.76. The van der Waals surface area contributed by atoms with Crippen LogP contribution in [0.2, 0.25) is 5.28 Å². The summed E-state index contributed by atoms with van der Waals surface area (Å²) >= 11 is 5.88. The molecule has 2 aromatic rings. The van der Waals surface area contributed by atoms with Gasteiger partial charge in [0.15, 0.2) is 5.65 Å². The molecule has 0 aliphatic carbocycles. The maximum Gasteiger partial charge on any atom is 0.204 e. The molecule has 2 rings (SSSR count). The molecule has 0 aromatic carbocycles. The molecule has 3 nitrogen and oxygen atoms in total. The minimum absolute atomic E-state index is 0.506. The predicted molar refractivity (Wildman–Crippen MR) is 59.6 cm³/mol. The molecular formula is C10H14ClN3. The van der Waals surface area contributed by atoms with Gasteiger partial charge in [0.2, 0.25) is 5.28 Å². The van der Waals surface area contributed by atoms with E-state index in [9.17, 15) is 0 Å². The average Bonchev–Trinajstić information content (AvgIpc) is 2.56. The molecule has 0 spiro atoms. The third-order valence-corrected chi connectivity index (χ3v) is 2.06. The second-order valence-corrected chi connectivity index (χ2v) is 2.81. The molecule has 0 bridgehead atoms. The Labute approximate surface area is 88.7 Å². The Morgan fingerprint density at radius 1 is 1.43 bits per heavy atom. The summed E-state index contributed by atoms with van der Waals surface area (Å²) < 4.78 is 1.87. The van der Waals surface area contributed by atoms with Gasteiger partial charge in [0.25, 0.3) is 0 Å². The molecule has 0 atom stereocenters. The third-order valence-electron chi connectivity index (χ3n) is 1.77. The average molecular weight is 212 g/mol. The molecule has 0 N–H and O–H groups in total. The van der Waals surface area contributed by atoms with Crippen LogP contribution in [0.15, 0.2) is 18.3 Å². The first-order valence-corrected chi connectivity index (χ1v) is 5.17. The summed E-state index contributed by atoms with van der Waals surface area (Å²) in [6.45, 7) is 6.81. The van der Waals surface area contributed by atoms with E-state index in [2.05, 4.69) is 9.97 Å². The summed E-state index contributed by atoms with van der Waals surface area (Å²) in [6.07, 6.45) is 1.74. The van der Waals surface area contributed by atoms with Crippen molar-refractivity contribution in [2.75, 3.05) is 0 Å². The first kappa shape index (κ1) is 11.0. The highest BCUT2D eigenvalue weighted by molar-refractivity contribution is 6.29. The van der Waals surface area contributed by atoms with Crippen molar-refractivity contribution < 1.29 is 0 Å². The largest absolute Gasteiger partial charge is 0.300 e. The fraction of sp³-hybridized carbons (Fsp3) is 0.400. The zero-order valence-electron chi connectivity index (χ0n) is 8.66. The highest BCUT2D eigenvalue weighted by atomic mass is 35.5. The predicted octanol–water partition coefficient (Wildman–Crippen LogP) is 3.13. The summed E-state index contributed by atoms with van der Waals surface area (Å²) in [4.78, 5) is 8.34. The van der Waals surface area contributed by atoms with Crippen LogP contribution in [0.4, 0.5) is 0 Å². The van der Waals surface area contributed by atoms with Gasteiger partial charge in [0.05, 0.1) is 0 Å². The fourth-order valence-electron chi connectivity index (χ4n) is 1.21. The molecule has 76 valence electrons. The first-order chi connectivity index (χ1) is 6.83. The van der Waals surface area contributed by atoms with Gasteiger partial charge in [-0.25, -0.2) is 9.97 Å². The standard InChI is InChI=1S/C8H8ClN3.C2H6/c1-2-12-7-6(11-8(12)9)4-3-5-10-7;1-2/h3-5H,2H2,1H3;1-2H3. The number of halogens is 1. The molecule has 0 radical (unpaired) electrons. The second kappa shape index (κ2) is 4.96. The van der Waals surface area contributed by atoms with Crippen LogP contribution in [-0.4, -0.2) is 14.5 Å². The van der Waals surface area contributed by atoms with Gasteiger partial charge >= 0.3 is 0 Å². The Morgan fingerprint density at radius 3 is 2.79 bits per heavy atom. The fourth-order valence-corrected chi connectivity index (χ4v) is 1.50. The minimum atomic E-state index is 0.506. The SMILES string of the molecule is CC.CCn1c(Cl)nc2cccnc21. The van der Waals surface area contributed by atoms with Crippen molar-refractivity contribution in [3.05, 3.63) is 23.6 Å². The van der Waals surface area contributed by atoms with E-state index in [4.69, 9.17) is 11.6 Å². The number of fused-ring (bicyclic) bond motifs is 1. The first-order valence-electron chi connectivity index (χ1n) is 4.79. The molecule has 2 aromatic heterocycles. The van der Waals surface area contributed by atoms with Crippen LogP contribution in [0.3, 0.4) is 0 Å². The van der Waals surface area contributed by atoms with E-state index < -0.39 is 0 Å². The van der Waals surface area contributed by atoms with E-state index in [0.29, 0.717) is 5.28 Å². The molecule has 4 heteroatoms. The Hall–Kier alpha value is -1.09. The Kier molecular flexibility index (Phi) is 3.89. The van der Waals surface area contributed by atoms with Crippen molar-refractivity contribution >= 4 is 22.8 Å². The van der Waals surface area contributed by atoms with E-state index in [1.807, 2.05) is 37.5 Å². The summed E-state index contributed by atoms with van der Waals surface area (Å²) in [5.41, 5.74) is 1.70. The summed E-state index contributed by atoms with van der Waals surface area (Å²) in [5.74, 6) is 0. The minimum Gasteiger partial charge on any atom is -0.300 e. The molecule has 0 aliphatic heterocycles. The number of hydrogen-bond donors (Lipinski definition) is 0. The van der Waals surface area contributed by atoms with Crippen LogP contribution in [0.25, 0.3) is 11.2 Å². The Balaban J connectivity index is 0.000000461. The van der Waals surface area contributed by atoms with Crippen LogP contribution in [-0.2, 0) is 6.54 Å². The van der Waals surface area contributed by atoms with Crippen LogP contribution in [0.1, 0.15) is 20.8 Å². The lowest BCUT2D eigenvalue weighted by Crippen LogP contribution is -1.94. The second-order valence-electron chi connectivity index (χ2n) is 2.47. The lowest BCUT2D eigenvalue weighted by Gasteiger charge is -1.97. The van der Waals surface area contributed by atoms with Crippen molar-refractivity contribution in [3.63, 3.8) is 0 Å². The normalized spacial score (nSPS) is 9.71. The van der Waals surface area contributed by atoms with Gasteiger partial charge < -0.3 is 0 Å². The van der Waals surface area contributed by atoms with Crippen molar-refractivity contribution in [1.82, 2.24) is 14.5 Å². The van der Waals surface area contributed by atoms with Crippen LogP contribution in [0.5, 0.6) is 0 Å². The Morgan fingerprint density at radius 2 is 2.14 bits per heavy atom. The van der Waals surface area contributed by atoms with E-state index in [0.717, 1.165) is 17.7 Å². The van der Waals surface area contributed by atoms with E-state index >= 15 is 0 Å². The molecule has 0 unspecified atom stereocenters. The summed E-state index contributed by atoms with van der Waals surface area (Å²) in [7, 11) is 0. The number of rotatable bonds is 1. The van der Waals surface area contributed by atoms with Gasteiger partial charge in [-0.2, -0.15) is 0 Å². The maximum absolute atomic E-state index is 5.88. The zero-order valence-corrected chi connectivity index (χ0v) is 9.41. The topological polar surface area (TPSA) is 30.7 Å². The van der Waals surface area contributed by atoms with Crippen molar-refractivity contribution in [3.8, 4) is 0 Å². The molecule has 0 amide bonds. The highest BCUT2D eigenvalue weighted by Crippen LogP contribution is 2.16. The highest BCUT2D eigenvalue weighted by Gasteiger charge is 2.06. The van der Waals surface area contributed by atoms with Gasteiger partial charge in [-0.15, -0.1) is 0 Å². The number of pyridine rings is 1. The lowest BCUT2D eigenvalue weighted by molar-refractivity contribution is 0.779. The van der Waals surface area contributed by atoms with E-state index in [1.165, 1.54) is 0 Å². The van der Waals surface area contributed by atoms with Crippen LogP contribution < -0.4 is 0 Å². The molecule has 0 saturated carbocycles. The molecule has 0 saturated heterocycles.